The van der Waals surface area contributed by atoms with Gasteiger partial charge in [0.25, 0.3) is 0 Å². The normalized spacial score (nSPS) is 20.7. The van der Waals surface area contributed by atoms with Gasteiger partial charge in [-0.3, -0.25) is 4.79 Å². The number of carbonyl (C=O) groups excluding carboxylic acids is 4. The van der Waals surface area contributed by atoms with Crippen molar-refractivity contribution < 1.29 is 33.8 Å². The Morgan fingerprint density at radius 1 is 1.00 bits per heavy atom. The number of likely N-dealkylation sites (tertiary alicyclic amines) is 1. The Morgan fingerprint density at radius 3 is 2.12 bits per heavy atom. The Balaban J connectivity index is 1.88. The van der Waals surface area contributed by atoms with E-state index in [4.69, 9.17) is 21.1 Å². The number of rotatable bonds is 9. The van der Waals surface area contributed by atoms with Crippen molar-refractivity contribution in [2.45, 2.75) is 105 Å². The molecule has 0 radical (unpaired) electrons. The largest absolute Gasteiger partial charge is 0.456 e. The van der Waals surface area contributed by atoms with E-state index in [1.807, 2.05) is 26.0 Å². The Morgan fingerprint density at radius 2 is 1.58 bits per heavy atom. The molecule has 1 aliphatic rings. The van der Waals surface area contributed by atoms with E-state index in [1.54, 1.807) is 65.5 Å². The number of ether oxygens (including phenoxy) is 2. The Labute approximate surface area is 260 Å². The van der Waals surface area contributed by atoms with Crippen LogP contribution in [0.3, 0.4) is 0 Å². The minimum Gasteiger partial charge on any atom is -0.456 e. The number of carbonyl (C=O) groups is 4. The van der Waals surface area contributed by atoms with Crippen molar-refractivity contribution in [1.82, 2.24) is 20.9 Å². The molecular formula is C31H49ClN4O7. The second-order valence-electron chi connectivity index (χ2n) is 13.7. The van der Waals surface area contributed by atoms with Gasteiger partial charge in [-0.25, -0.2) is 14.4 Å². The van der Waals surface area contributed by atoms with Gasteiger partial charge in [0.05, 0.1) is 18.1 Å². The van der Waals surface area contributed by atoms with Crippen LogP contribution >= 0.6 is 11.6 Å². The quantitative estimate of drug-likeness (QED) is 0.299. The van der Waals surface area contributed by atoms with E-state index >= 15 is 0 Å². The van der Waals surface area contributed by atoms with E-state index in [0.717, 1.165) is 5.56 Å². The number of nitrogens with zero attached hydrogens (tertiary/aromatic N) is 1. The molecule has 1 aliphatic heterocycles. The van der Waals surface area contributed by atoms with Crippen molar-refractivity contribution in [1.29, 1.82) is 0 Å². The summed E-state index contributed by atoms with van der Waals surface area (Å²) in [5, 5.41) is 20.1. The van der Waals surface area contributed by atoms with E-state index in [1.165, 1.54) is 6.92 Å². The van der Waals surface area contributed by atoms with Crippen LogP contribution in [0.5, 0.6) is 0 Å². The van der Waals surface area contributed by atoms with Crippen LogP contribution in [0.25, 0.3) is 0 Å². The minimum atomic E-state index is -1.12. The van der Waals surface area contributed by atoms with Gasteiger partial charge in [0, 0.05) is 29.6 Å². The third kappa shape index (κ3) is 9.99. The van der Waals surface area contributed by atoms with E-state index in [2.05, 4.69) is 16.0 Å². The maximum atomic E-state index is 13.4. The van der Waals surface area contributed by atoms with Crippen molar-refractivity contribution in [3.8, 4) is 0 Å². The van der Waals surface area contributed by atoms with Crippen LogP contribution < -0.4 is 16.0 Å². The Kier molecular flexibility index (Phi) is 11.5. The number of piperidine rings is 1. The number of nitrogens with one attached hydrogen (secondary N) is 3. The summed E-state index contributed by atoms with van der Waals surface area (Å²) >= 11 is 6.03. The summed E-state index contributed by atoms with van der Waals surface area (Å²) < 4.78 is 10.6. The minimum absolute atomic E-state index is 0.0115. The summed E-state index contributed by atoms with van der Waals surface area (Å²) in [6, 6.07) is 5.15. The molecule has 4 atom stereocenters. The van der Waals surface area contributed by atoms with Gasteiger partial charge in [-0.1, -0.05) is 44.5 Å². The van der Waals surface area contributed by atoms with Crippen LogP contribution in [0.15, 0.2) is 24.3 Å². The summed E-state index contributed by atoms with van der Waals surface area (Å²) in [6.07, 6.45) is -0.377. The SMILES string of the molecule is CC(NC(=O)OC(C)(C)C)C(=O)OC(C)(C)CNC(=O)NC(C)[C@@H](C)C(=O)N1CC[C@](O)(c2ccc(Cl)cc2)C(C)(C)C1. The highest BCUT2D eigenvalue weighted by Crippen LogP contribution is 2.46. The molecule has 1 aromatic rings. The van der Waals surface area contributed by atoms with Crippen LogP contribution in [0.1, 0.15) is 81.2 Å². The molecule has 1 fully saturated rings. The maximum absolute atomic E-state index is 13.4. The third-order valence-corrected chi connectivity index (χ3v) is 7.97. The number of benzene rings is 1. The molecule has 242 valence electrons. The fourth-order valence-electron chi connectivity index (χ4n) is 4.89. The molecule has 1 heterocycles. The zero-order chi connectivity index (χ0) is 33.0. The highest BCUT2D eigenvalue weighted by Gasteiger charge is 2.50. The number of halogens is 1. The molecule has 4 N–H and O–H groups in total. The van der Waals surface area contributed by atoms with E-state index in [0.29, 0.717) is 24.5 Å². The first-order chi connectivity index (χ1) is 19.6. The third-order valence-electron chi connectivity index (χ3n) is 7.72. The van der Waals surface area contributed by atoms with Crippen molar-refractivity contribution >= 4 is 35.6 Å². The van der Waals surface area contributed by atoms with Crippen LogP contribution in [0.2, 0.25) is 5.02 Å². The average Bonchev–Trinajstić information content (AvgIpc) is 2.87. The van der Waals surface area contributed by atoms with Gasteiger partial charge in [0.15, 0.2) is 0 Å². The molecule has 0 aliphatic carbocycles. The smallest absolute Gasteiger partial charge is 0.408 e. The molecule has 2 rings (SSSR count). The summed E-state index contributed by atoms with van der Waals surface area (Å²) in [7, 11) is 0. The monoisotopic (exact) mass is 624 g/mol. The first-order valence-electron chi connectivity index (χ1n) is 14.6. The molecule has 0 spiro atoms. The van der Waals surface area contributed by atoms with Crippen LogP contribution in [0.4, 0.5) is 9.59 Å². The molecule has 4 amide bonds. The van der Waals surface area contributed by atoms with Gasteiger partial charge in [0.2, 0.25) is 5.91 Å². The molecule has 2 unspecified atom stereocenters. The molecule has 0 saturated carbocycles. The Bertz CT molecular complexity index is 1170. The molecular weight excluding hydrogens is 576 g/mol. The molecule has 12 heteroatoms. The number of aliphatic hydroxyl groups is 1. The summed E-state index contributed by atoms with van der Waals surface area (Å²) in [4.78, 5) is 52.3. The fourth-order valence-corrected chi connectivity index (χ4v) is 5.01. The van der Waals surface area contributed by atoms with Crippen molar-refractivity contribution in [2.75, 3.05) is 19.6 Å². The van der Waals surface area contributed by atoms with E-state index < -0.39 is 58.3 Å². The highest BCUT2D eigenvalue weighted by molar-refractivity contribution is 6.30. The summed E-state index contributed by atoms with van der Waals surface area (Å²) in [5.41, 5.74) is -2.79. The number of amides is 4. The van der Waals surface area contributed by atoms with Gasteiger partial charge in [-0.15, -0.1) is 0 Å². The number of alkyl carbamates (subject to hydrolysis) is 1. The van der Waals surface area contributed by atoms with Crippen molar-refractivity contribution in [3.05, 3.63) is 34.9 Å². The lowest BCUT2D eigenvalue weighted by Crippen LogP contribution is -2.58. The van der Waals surface area contributed by atoms with Crippen molar-refractivity contribution in [2.24, 2.45) is 11.3 Å². The maximum Gasteiger partial charge on any atom is 0.408 e. The van der Waals surface area contributed by atoms with Gasteiger partial charge in [0.1, 0.15) is 17.2 Å². The van der Waals surface area contributed by atoms with Crippen LogP contribution in [-0.4, -0.2) is 76.9 Å². The Hall–Kier alpha value is -3.05. The second-order valence-corrected chi connectivity index (χ2v) is 14.2. The van der Waals surface area contributed by atoms with Gasteiger partial charge in [-0.2, -0.15) is 0 Å². The number of urea groups is 1. The fraction of sp³-hybridized carbons (Fsp3) is 0.677. The molecule has 43 heavy (non-hydrogen) atoms. The standard InChI is InChI=1S/C31H49ClN4O7/c1-19(24(37)36-16-15-31(41,29(7,8)18-36)22-11-13-23(32)14-12-22)20(2)34-26(39)33-17-30(9,10)42-25(38)21(3)35-27(40)43-28(4,5)6/h11-14,19-21,41H,15-18H2,1-10H3,(H,35,40)(H2,33,34,39)/t19-,20?,21?,31+/m1/s1. The molecule has 1 saturated heterocycles. The van der Waals surface area contributed by atoms with Crippen LogP contribution in [-0.2, 0) is 24.7 Å². The van der Waals surface area contributed by atoms with E-state index in [9.17, 15) is 24.3 Å². The lowest BCUT2D eigenvalue weighted by atomic mass is 9.66. The summed E-state index contributed by atoms with van der Waals surface area (Å²) in [5.74, 6) is -1.34. The number of hydrogen-bond acceptors (Lipinski definition) is 7. The van der Waals surface area contributed by atoms with Gasteiger partial charge in [-0.05, 0) is 72.6 Å². The first-order valence-corrected chi connectivity index (χ1v) is 15.0. The average molecular weight is 625 g/mol. The lowest BCUT2D eigenvalue weighted by Gasteiger charge is -2.51. The first kappa shape index (κ1) is 36.1. The van der Waals surface area contributed by atoms with Crippen LogP contribution in [0, 0.1) is 11.3 Å². The number of esters is 1. The van der Waals surface area contributed by atoms with Crippen molar-refractivity contribution in [3.63, 3.8) is 0 Å². The topological polar surface area (TPSA) is 146 Å². The molecule has 0 bridgehead atoms. The molecule has 11 nitrogen and oxygen atoms in total. The number of hydrogen-bond donors (Lipinski definition) is 4. The van der Waals surface area contributed by atoms with E-state index in [-0.39, 0.29) is 12.5 Å². The molecule has 1 aromatic carbocycles. The predicted octanol–water partition coefficient (Wildman–Crippen LogP) is 4.34. The predicted molar refractivity (Wildman–Crippen MR) is 164 cm³/mol. The zero-order valence-corrected chi connectivity index (χ0v) is 27.8. The van der Waals surface area contributed by atoms with Gasteiger partial charge >= 0.3 is 18.1 Å². The zero-order valence-electron chi connectivity index (χ0n) is 27.1. The lowest BCUT2D eigenvalue weighted by molar-refractivity contribution is -0.158. The highest BCUT2D eigenvalue weighted by atomic mass is 35.5. The molecule has 0 aromatic heterocycles. The second kappa shape index (κ2) is 13.7. The summed E-state index contributed by atoms with van der Waals surface area (Å²) in [6.45, 7) is 17.9. The van der Waals surface area contributed by atoms with Gasteiger partial charge < -0.3 is 35.4 Å².